The van der Waals surface area contributed by atoms with E-state index < -0.39 is 23.5 Å². The number of nitrogens with zero attached hydrogens (tertiary/aromatic N) is 3. The van der Waals surface area contributed by atoms with Crippen molar-refractivity contribution in [1.82, 2.24) is 9.97 Å². The zero-order valence-corrected chi connectivity index (χ0v) is 20.0. The van der Waals surface area contributed by atoms with Gasteiger partial charge in [-0.05, 0) is 32.4 Å². The molecule has 32 heavy (non-hydrogen) atoms. The molecule has 7 nitrogen and oxygen atoms in total. The monoisotopic (exact) mass is 487 g/mol. The molecule has 10 heteroatoms. The first-order valence-electron chi connectivity index (χ1n) is 9.60. The Bertz CT molecular complexity index is 1320. The van der Waals surface area contributed by atoms with Crippen LogP contribution in [0.3, 0.4) is 0 Å². The Morgan fingerprint density at radius 3 is 2.28 bits per heavy atom. The molecule has 0 saturated carbocycles. The van der Waals surface area contributed by atoms with Crippen molar-refractivity contribution in [3.8, 4) is 0 Å². The summed E-state index contributed by atoms with van der Waals surface area (Å²) in [7, 11) is 0. The predicted octanol–water partition coefficient (Wildman–Crippen LogP) is 5.16. The summed E-state index contributed by atoms with van der Waals surface area (Å²) in [6.07, 6.45) is 0. The second-order valence-electron chi connectivity index (χ2n) is 7.31. The number of hydrogen-bond acceptors (Lipinski definition) is 8. The number of amides is 1. The lowest BCUT2D eigenvalue weighted by atomic mass is 9.95. The molecule has 1 aromatic carbocycles. The molecule has 164 valence electrons. The number of carbonyl (C=O) groups excluding carboxylic acids is 3. The van der Waals surface area contributed by atoms with E-state index in [1.807, 2.05) is 0 Å². The van der Waals surface area contributed by atoms with E-state index in [0.29, 0.717) is 36.7 Å². The lowest BCUT2D eigenvalue weighted by Gasteiger charge is -2.25. The van der Waals surface area contributed by atoms with Gasteiger partial charge in [-0.15, -0.1) is 11.3 Å². The lowest BCUT2D eigenvalue weighted by Crippen LogP contribution is -2.31. The number of thiazole rings is 2. The second kappa shape index (κ2) is 8.23. The molecular formula is C22H18ClN3O4S2. The lowest BCUT2D eigenvalue weighted by molar-refractivity contribution is -0.117. The summed E-state index contributed by atoms with van der Waals surface area (Å²) < 4.78 is 0. The summed E-state index contributed by atoms with van der Waals surface area (Å²) in [6.45, 7) is 6.57. The molecule has 3 heterocycles. The number of aromatic nitrogens is 2. The minimum atomic E-state index is -1.00. The van der Waals surface area contributed by atoms with E-state index in [0.717, 1.165) is 11.3 Å². The van der Waals surface area contributed by atoms with Crippen LogP contribution in [0.25, 0.3) is 0 Å². The third-order valence-electron chi connectivity index (χ3n) is 5.07. The highest BCUT2D eigenvalue weighted by Crippen LogP contribution is 2.45. The smallest absolute Gasteiger partial charge is 0.296 e. The molecule has 0 radical (unpaired) electrons. The van der Waals surface area contributed by atoms with E-state index >= 15 is 0 Å². The van der Waals surface area contributed by atoms with E-state index in [4.69, 9.17) is 11.6 Å². The molecule has 1 aliphatic rings. The zero-order chi connectivity index (χ0) is 23.3. The van der Waals surface area contributed by atoms with E-state index in [1.54, 1.807) is 45.0 Å². The Balaban J connectivity index is 1.93. The van der Waals surface area contributed by atoms with Crippen LogP contribution in [-0.2, 0) is 4.79 Å². The zero-order valence-electron chi connectivity index (χ0n) is 17.6. The Morgan fingerprint density at radius 2 is 1.72 bits per heavy atom. The molecule has 0 fully saturated rings. The average Bonchev–Trinajstić information content (AvgIpc) is 3.35. The molecule has 0 bridgehead atoms. The fraction of sp³-hybridized carbons (Fsp3) is 0.227. The Kier molecular flexibility index (Phi) is 5.74. The first-order chi connectivity index (χ1) is 15.1. The van der Waals surface area contributed by atoms with Crippen LogP contribution in [0.1, 0.15) is 54.3 Å². The first-order valence-corrected chi connectivity index (χ1v) is 11.6. The number of Topliss-reactive ketones (excluding diaryl/α,β-unsaturated/α-hetero) is 2. The van der Waals surface area contributed by atoms with Crippen molar-refractivity contribution in [2.75, 3.05) is 4.90 Å². The maximum Gasteiger partial charge on any atom is 0.296 e. The summed E-state index contributed by atoms with van der Waals surface area (Å²) in [5.74, 6) is -2.12. The van der Waals surface area contributed by atoms with Gasteiger partial charge in [0, 0.05) is 11.9 Å². The van der Waals surface area contributed by atoms with Gasteiger partial charge in [0.15, 0.2) is 16.7 Å². The van der Waals surface area contributed by atoms with Crippen LogP contribution in [0.5, 0.6) is 0 Å². The highest BCUT2D eigenvalue weighted by molar-refractivity contribution is 7.18. The van der Waals surface area contributed by atoms with Crippen molar-refractivity contribution in [2.45, 2.75) is 33.7 Å². The van der Waals surface area contributed by atoms with Crippen molar-refractivity contribution in [2.24, 2.45) is 0 Å². The van der Waals surface area contributed by atoms with Gasteiger partial charge in [0.05, 0.1) is 37.8 Å². The van der Waals surface area contributed by atoms with Crippen molar-refractivity contribution in [3.05, 3.63) is 72.3 Å². The number of carbonyl (C=O) groups is 3. The predicted molar refractivity (Wildman–Crippen MR) is 124 cm³/mol. The van der Waals surface area contributed by atoms with E-state index in [2.05, 4.69) is 9.97 Å². The van der Waals surface area contributed by atoms with Crippen LogP contribution in [0.15, 0.2) is 35.6 Å². The van der Waals surface area contributed by atoms with Crippen LogP contribution in [0.2, 0.25) is 5.02 Å². The van der Waals surface area contributed by atoms with Crippen LogP contribution >= 0.6 is 34.3 Å². The number of rotatable bonds is 5. The van der Waals surface area contributed by atoms with Crippen molar-refractivity contribution in [1.29, 1.82) is 0 Å². The van der Waals surface area contributed by atoms with Gasteiger partial charge in [0.25, 0.3) is 5.91 Å². The molecule has 4 rings (SSSR count). The van der Waals surface area contributed by atoms with Gasteiger partial charge in [-0.25, -0.2) is 9.97 Å². The van der Waals surface area contributed by atoms with E-state index in [1.165, 1.54) is 23.2 Å². The van der Waals surface area contributed by atoms with Gasteiger partial charge in [-0.3, -0.25) is 19.3 Å². The SMILES string of the molecule is CC(=O)c1sc(N2C(=O)C(O)=C(C(=O)c3sc(C)nc3C)C2c2ccccc2Cl)nc1C. The number of anilines is 1. The van der Waals surface area contributed by atoms with Crippen LogP contribution in [0, 0.1) is 20.8 Å². The van der Waals surface area contributed by atoms with Crippen LogP contribution < -0.4 is 4.90 Å². The number of aryl methyl sites for hydroxylation is 3. The van der Waals surface area contributed by atoms with Gasteiger partial charge < -0.3 is 5.11 Å². The molecule has 3 aromatic rings. The third-order valence-corrected chi connectivity index (χ3v) is 7.75. The second-order valence-corrected chi connectivity index (χ2v) is 9.89. The molecule has 0 saturated heterocycles. The van der Waals surface area contributed by atoms with Gasteiger partial charge in [0.1, 0.15) is 0 Å². The van der Waals surface area contributed by atoms with Crippen molar-refractivity contribution in [3.63, 3.8) is 0 Å². The number of hydrogen-bond donors (Lipinski definition) is 1. The van der Waals surface area contributed by atoms with Gasteiger partial charge >= 0.3 is 0 Å². The Hall–Kier alpha value is -2.88. The van der Waals surface area contributed by atoms with Crippen molar-refractivity contribution < 1.29 is 19.5 Å². The number of aliphatic hydroxyl groups excluding tert-OH is 1. The average molecular weight is 488 g/mol. The van der Waals surface area contributed by atoms with Crippen molar-refractivity contribution >= 4 is 56.9 Å². The molecule has 1 amide bonds. The topological polar surface area (TPSA) is 100 Å². The highest BCUT2D eigenvalue weighted by Gasteiger charge is 2.47. The molecule has 0 aliphatic carbocycles. The maximum atomic E-state index is 13.5. The minimum absolute atomic E-state index is 0.0907. The van der Waals surface area contributed by atoms with E-state index in [9.17, 15) is 19.5 Å². The summed E-state index contributed by atoms with van der Waals surface area (Å²) in [6, 6.07) is 5.80. The minimum Gasteiger partial charge on any atom is -0.503 e. The molecule has 0 spiro atoms. The fourth-order valence-corrected chi connectivity index (χ4v) is 5.80. The molecule has 1 unspecified atom stereocenters. The summed E-state index contributed by atoms with van der Waals surface area (Å²) >= 11 is 8.69. The number of aliphatic hydroxyl groups is 1. The normalized spacial score (nSPS) is 16.2. The Morgan fingerprint density at radius 1 is 1.06 bits per heavy atom. The summed E-state index contributed by atoms with van der Waals surface area (Å²) in [5, 5.41) is 12.1. The fourth-order valence-electron chi connectivity index (χ4n) is 3.70. The van der Waals surface area contributed by atoms with E-state index in [-0.39, 0.29) is 16.5 Å². The molecule has 1 N–H and O–H groups in total. The molecule has 1 aliphatic heterocycles. The molecule has 1 atom stereocenters. The standard InChI is InChI=1S/C22H18ClN3O4S2/c1-9-19(11(3)27)32-22(25-9)26-16(13-7-5-6-8-14(13)23)15(18(29)21(26)30)17(28)20-10(2)24-12(4)31-20/h5-8,16,29H,1-4H3. The van der Waals surface area contributed by atoms with Crippen LogP contribution in [-0.4, -0.2) is 32.5 Å². The molecule has 2 aromatic heterocycles. The van der Waals surface area contributed by atoms with Crippen LogP contribution in [0.4, 0.5) is 5.13 Å². The van der Waals surface area contributed by atoms with Gasteiger partial charge in [-0.2, -0.15) is 0 Å². The third kappa shape index (κ3) is 3.56. The largest absolute Gasteiger partial charge is 0.503 e. The van der Waals surface area contributed by atoms with Gasteiger partial charge in [0.2, 0.25) is 5.78 Å². The quantitative estimate of drug-likeness (QED) is 0.498. The maximum absolute atomic E-state index is 13.5. The summed E-state index contributed by atoms with van der Waals surface area (Å²) in [5.41, 5.74) is 1.36. The highest BCUT2D eigenvalue weighted by atomic mass is 35.5. The Labute approximate surface area is 197 Å². The molecular weight excluding hydrogens is 470 g/mol. The number of benzene rings is 1. The number of ketones is 2. The van der Waals surface area contributed by atoms with Gasteiger partial charge in [-0.1, -0.05) is 41.1 Å². The first kappa shape index (κ1) is 22.3. The summed E-state index contributed by atoms with van der Waals surface area (Å²) in [4.78, 5) is 49.4. The number of halogens is 1.